The van der Waals surface area contributed by atoms with Crippen LogP contribution in [0, 0.1) is 0 Å². The molecule has 1 saturated heterocycles. The number of aliphatic carboxylic acids is 1. The second kappa shape index (κ2) is 19.1. The molecule has 0 radical (unpaired) electrons. The van der Waals surface area contributed by atoms with Gasteiger partial charge in [-0.05, 0) is 69.7 Å². The summed E-state index contributed by atoms with van der Waals surface area (Å²) in [5, 5.41) is 20.4. The summed E-state index contributed by atoms with van der Waals surface area (Å²) in [6.07, 6.45) is 2.74. The Labute approximate surface area is 275 Å². The van der Waals surface area contributed by atoms with Crippen LogP contribution in [0.15, 0.2) is 60.7 Å². The van der Waals surface area contributed by atoms with Crippen LogP contribution in [0.1, 0.15) is 49.7 Å². The van der Waals surface area contributed by atoms with Crippen molar-refractivity contribution in [2.45, 2.75) is 81.6 Å². The Bertz CT molecular complexity index is 1340. The zero-order valence-electron chi connectivity index (χ0n) is 26.7. The predicted molar refractivity (Wildman–Crippen MR) is 175 cm³/mol. The van der Waals surface area contributed by atoms with Gasteiger partial charge in [0.05, 0.1) is 18.5 Å². The molecule has 13 heteroatoms. The van der Waals surface area contributed by atoms with Gasteiger partial charge in [0.25, 0.3) is 0 Å². The van der Waals surface area contributed by atoms with Crippen LogP contribution in [0.4, 0.5) is 0 Å². The topological polar surface area (TPSA) is 200 Å². The number of aldehydes is 1. The second-order valence-corrected chi connectivity index (χ2v) is 11.7. The fourth-order valence-corrected chi connectivity index (χ4v) is 5.64. The second-order valence-electron chi connectivity index (χ2n) is 11.7. The third-order valence-corrected chi connectivity index (χ3v) is 8.15. The average molecular weight is 651 g/mol. The van der Waals surface area contributed by atoms with Gasteiger partial charge in [0, 0.05) is 6.54 Å². The highest BCUT2D eigenvalue weighted by Crippen LogP contribution is 2.21. The minimum Gasteiger partial charge on any atom is -0.481 e. The first kappa shape index (κ1) is 36.8. The summed E-state index contributed by atoms with van der Waals surface area (Å²) in [7, 11) is 1.67. The van der Waals surface area contributed by atoms with Crippen LogP contribution in [0.5, 0.6) is 0 Å². The first-order valence-corrected chi connectivity index (χ1v) is 16.0. The Morgan fingerprint density at radius 2 is 1.49 bits per heavy atom. The Kier molecular flexibility index (Phi) is 15.0. The van der Waals surface area contributed by atoms with Gasteiger partial charge in [-0.1, -0.05) is 60.7 Å². The number of hydrogen-bond acceptors (Lipinski definition) is 8. The van der Waals surface area contributed by atoms with Gasteiger partial charge in [0.2, 0.25) is 23.6 Å². The number of carboxylic acids is 1. The van der Waals surface area contributed by atoms with E-state index in [1.165, 1.54) is 4.90 Å². The number of likely N-dealkylation sites (tertiary alicyclic amines) is 1. The normalized spacial score (nSPS) is 16.7. The number of nitrogens with two attached hydrogens (primary N) is 1. The Morgan fingerprint density at radius 1 is 0.872 bits per heavy atom. The predicted octanol–water partition coefficient (Wildman–Crippen LogP) is 0.308. The van der Waals surface area contributed by atoms with E-state index < -0.39 is 60.3 Å². The number of nitrogens with one attached hydrogen (secondary N) is 4. The van der Waals surface area contributed by atoms with E-state index in [4.69, 9.17) is 5.73 Å². The average Bonchev–Trinajstić information content (AvgIpc) is 3.57. The van der Waals surface area contributed by atoms with Gasteiger partial charge in [-0.3, -0.25) is 24.0 Å². The van der Waals surface area contributed by atoms with E-state index >= 15 is 0 Å². The molecule has 5 atom stereocenters. The maximum Gasteiger partial charge on any atom is 0.305 e. The van der Waals surface area contributed by atoms with Crippen molar-refractivity contribution in [3.63, 3.8) is 0 Å². The third-order valence-electron chi connectivity index (χ3n) is 8.15. The molecule has 3 rings (SSSR count). The standard InChI is InChI=1S/C34H46N6O7/c1-36-27(20-24-13-6-3-7-14-24)31(44)38-26(15-8-9-17-35)34(47)40-18-10-16-29(40)33(46)39-28(21-30(42)43)32(45)37-25(22-41)19-23-11-4-2-5-12-23/h2-7,11-14,22,25-29,36H,8-10,15-21,35H2,1H3,(H,37,45)(H,38,44)(H,39,46)(H,42,43)/t25-,26-,27-,28-,29-/m0/s1. The van der Waals surface area contributed by atoms with Crippen LogP contribution in [0.3, 0.4) is 0 Å². The van der Waals surface area contributed by atoms with Crippen molar-refractivity contribution in [3.8, 4) is 0 Å². The zero-order valence-corrected chi connectivity index (χ0v) is 26.7. The van der Waals surface area contributed by atoms with E-state index in [0.29, 0.717) is 51.4 Å². The van der Waals surface area contributed by atoms with E-state index in [0.717, 1.165) is 11.1 Å². The Hall–Kier alpha value is -4.62. The number of benzene rings is 2. The van der Waals surface area contributed by atoms with E-state index in [1.54, 1.807) is 31.3 Å². The van der Waals surface area contributed by atoms with Gasteiger partial charge < -0.3 is 41.8 Å². The fourth-order valence-electron chi connectivity index (χ4n) is 5.64. The van der Waals surface area contributed by atoms with Crippen LogP contribution in [0.25, 0.3) is 0 Å². The first-order valence-electron chi connectivity index (χ1n) is 16.0. The summed E-state index contributed by atoms with van der Waals surface area (Å²) < 4.78 is 0. The van der Waals surface area contributed by atoms with Crippen molar-refractivity contribution >= 4 is 35.9 Å². The summed E-state index contributed by atoms with van der Waals surface area (Å²) in [4.78, 5) is 78.6. The first-order chi connectivity index (χ1) is 22.7. The van der Waals surface area contributed by atoms with E-state index in [1.807, 2.05) is 36.4 Å². The maximum atomic E-state index is 13.9. The summed E-state index contributed by atoms with van der Waals surface area (Å²) in [6.45, 7) is 0.666. The molecule has 7 N–H and O–H groups in total. The van der Waals surface area contributed by atoms with Crippen LogP contribution >= 0.6 is 0 Å². The Balaban J connectivity index is 1.71. The summed E-state index contributed by atoms with van der Waals surface area (Å²) in [5.74, 6) is -3.64. The van der Waals surface area contributed by atoms with Crippen LogP contribution in [0.2, 0.25) is 0 Å². The number of carboxylic acid groups (broad SMARTS) is 1. The van der Waals surface area contributed by atoms with Gasteiger partial charge in [-0.2, -0.15) is 0 Å². The maximum absolute atomic E-state index is 13.9. The molecule has 1 aliphatic rings. The molecular formula is C34H46N6O7. The number of unbranched alkanes of at least 4 members (excludes halogenated alkanes) is 1. The van der Waals surface area contributed by atoms with Crippen LogP contribution in [-0.4, -0.2) is 96.2 Å². The van der Waals surface area contributed by atoms with E-state index in [2.05, 4.69) is 21.3 Å². The minimum absolute atomic E-state index is 0.186. The molecule has 2 aromatic rings. The molecule has 1 fully saturated rings. The van der Waals surface area contributed by atoms with Gasteiger partial charge >= 0.3 is 5.97 Å². The zero-order chi connectivity index (χ0) is 34.2. The number of likely N-dealkylation sites (N-methyl/N-ethyl adjacent to an activating group) is 1. The van der Waals surface area contributed by atoms with Gasteiger partial charge in [-0.15, -0.1) is 0 Å². The van der Waals surface area contributed by atoms with Crippen molar-refractivity contribution in [2.24, 2.45) is 5.73 Å². The molecule has 0 saturated carbocycles. The highest BCUT2D eigenvalue weighted by atomic mass is 16.4. The minimum atomic E-state index is -1.48. The molecule has 1 heterocycles. The lowest BCUT2D eigenvalue weighted by atomic mass is 10.0. The van der Waals surface area contributed by atoms with Crippen LogP contribution in [-0.2, 0) is 41.6 Å². The fraction of sp³-hybridized carbons (Fsp3) is 0.471. The van der Waals surface area contributed by atoms with Crippen molar-refractivity contribution in [1.82, 2.24) is 26.2 Å². The molecule has 4 amide bonds. The van der Waals surface area contributed by atoms with Gasteiger partial charge in [0.1, 0.15) is 24.4 Å². The lowest BCUT2D eigenvalue weighted by Crippen LogP contribution is -2.58. The van der Waals surface area contributed by atoms with Gasteiger partial charge in [0.15, 0.2) is 0 Å². The number of amides is 4. The highest BCUT2D eigenvalue weighted by molar-refractivity contribution is 5.96. The lowest BCUT2D eigenvalue weighted by Gasteiger charge is -2.30. The molecule has 254 valence electrons. The molecule has 1 aliphatic heterocycles. The smallest absolute Gasteiger partial charge is 0.305 e. The summed E-state index contributed by atoms with van der Waals surface area (Å²) in [6, 6.07) is 13.5. The van der Waals surface area contributed by atoms with Crippen LogP contribution < -0.4 is 27.0 Å². The van der Waals surface area contributed by atoms with Crippen molar-refractivity contribution in [1.29, 1.82) is 0 Å². The van der Waals surface area contributed by atoms with Crippen molar-refractivity contribution in [3.05, 3.63) is 71.8 Å². The quantitative estimate of drug-likeness (QED) is 0.0915. The number of hydrogen-bond donors (Lipinski definition) is 6. The largest absolute Gasteiger partial charge is 0.481 e. The van der Waals surface area contributed by atoms with E-state index in [-0.39, 0.29) is 18.9 Å². The van der Waals surface area contributed by atoms with Gasteiger partial charge in [-0.25, -0.2) is 0 Å². The molecule has 0 bridgehead atoms. The molecule has 47 heavy (non-hydrogen) atoms. The monoisotopic (exact) mass is 650 g/mol. The molecule has 0 spiro atoms. The number of carbonyl (C=O) groups is 6. The number of nitrogens with zero attached hydrogens (tertiary/aromatic N) is 1. The molecule has 0 aliphatic carbocycles. The lowest BCUT2D eigenvalue weighted by molar-refractivity contribution is -0.144. The molecule has 0 aromatic heterocycles. The van der Waals surface area contributed by atoms with Crippen molar-refractivity contribution < 1.29 is 33.9 Å². The van der Waals surface area contributed by atoms with Crippen molar-refractivity contribution in [2.75, 3.05) is 20.1 Å². The van der Waals surface area contributed by atoms with E-state index in [9.17, 15) is 33.9 Å². The SMILES string of the molecule is CN[C@@H](Cc1ccccc1)C(=O)N[C@@H](CCCCN)C(=O)N1CCC[C@H]1C(=O)N[C@@H](CC(=O)O)C(=O)N[C@H](C=O)Cc1ccccc1. The molecule has 13 nitrogen and oxygen atoms in total. The molecule has 2 aromatic carbocycles. The molecule has 0 unspecified atom stereocenters. The summed E-state index contributed by atoms with van der Waals surface area (Å²) in [5.41, 5.74) is 7.41. The number of rotatable bonds is 19. The highest BCUT2D eigenvalue weighted by Gasteiger charge is 2.39. The molecular weight excluding hydrogens is 604 g/mol. The third kappa shape index (κ3) is 11.6. The number of carbonyl (C=O) groups excluding carboxylic acids is 5. The summed E-state index contributed by atoms with van der Waals surface area (Å²) >= 11 is 0. The Morgan fingerprint density at radius 3 is 2.06 bits per heavy atom.